The highest BCUT2D eigenvalue weighted by molar-refractivity contribution is 5.75. The Bertz CT molecular complexity index is 492. The van der Waals surface area contributed by atoms with Crippen LogP contribution in [0.1, 0.15) is 18.4 Å². The summed E-state index contributed by atoms with van der Waals surface area (Å²) >= 11 is 0. The molecule has 0 aromatic heterocycles. The predicted molar refractivity (Wildman–Crippen MR) is 72.2 cm³/mol. The molecule has 2 amide bonds. The van der Waals surface area contributed by atoms with Crippen LogP contribution in [0.5, 0.6) is 0 Å². The minimum absolute atomic E-state index is 0.190. The minimum Gasteiger partial charge on any atom is -0.445 e. The molecule has 1 aromatic carbocycles. The standard InChI is InChI=1S/C14H19N3O3/c15-12(18)8-14(16)6-7-17(10-14)13(19)20-9-11-4-2-1-3-5-11/h1-5H,6-10,16H2,(H2,15,18)/p+1. The van der Waals surface area contributed by atoms with E-state index >= 15 is 0 Å². The van der Waals surface area contributed by atoms with E-state index in [4.69, 9.17) is 10.5 Å². The van der Waals surface area contributed by atoms with Gasteiger partial charge in [0.05, 0.1) is 13.0 Å². The van der Waals surface area contributed by atoms with Gasteiger partial charge in [0.1, 0.15) is 12.1 Å². The Kier molecular flexibility index (Phi) is 4.24. The summed E-state index contributed by atoms with van der Waals surface area (Å²) in [4.78, 5) is 24.5. The van der Waals surface area contributed by atoms with Gasteiger partial charge in [0.2, 0.25) is 5.91 Å². The van der Waals surface area contributed by atoms with Gasteiger partial charge in [0.15, 0.2) is 0 Å². The summed E-state index contributed by atoms with van der Waals surface area (Å²) < 4.78 is 5.25. The number of hydrogen-bond acceptors (Lipinski definition) is 3. The van der Waals surface area contributed by atoms with Crippen LogP contribution in [0.2, 0.25) is 0 Å². The quantitative estimate of drug-likeness (QED) is 0.803. The number of ether oxygens (including phenoxy) is 1. The van der Waals surface area contributed by atoms with Gasteiger partial charge in [-0.15, -0.1) is 0 Å². The first-order valence-electron chi connectivity index (χ1n) is 6.58. The lowest BCUT2D eigenvalue weighted by Crippen LogP contribution is -2.74. The average molecular weight is 278 g/mol. The molecule has 20 heavy (non-hydrogen) atoms. The molecule has 0 spiro atoms. The van der Waals surface area contributed by atoms with E-state index in [1.165, 1.54) is 0 Å². The van der Waals surface area contributed by atoms with Crippen molar-refractivity contribution in [2.24, 2.45) is 5.73 Å². The molecule has 0 saturated carbocycles. The Morgan fingerprint density at radius 3 is 2.70 bits per heavy atom. The first-order chi connectivity index (χ1) is 9.48. The van der Waals surface area contributed by atoms with Gasteiger partial charge in [-0.25, -0.2) is 4.79 Å². The van der Waals surface area contributed by atoms with Crippen LogP contribution < -0.4 is 11.5 Å². The average Bonchev–Trinajstić information content (AvgIpc) is 2.78. The third-order valence-electron chi connectivity index (χ3n) is 3.45. The lowest BCUT2D eigenvalue weighted by atomic mass is 9.95. The normalized spacial score (nSPS) is 21.8. The lowest BCUT2D eigenvalue weighted by Gasteiger charge is -2.19. The fourth-order valence-electron chi connectivity index (χ4n) is 2.42. The van der Waals surface area contributed by atoms with E-state index in [-0.39, 0.29) is 25.0 Å². The number of rotatable bonds is 4. The van der Waals surface area contributed by atoms with Gasteiger partial charge in [0.25, 0.3) is 0 Å². The van der Waals surface area contributed by atoms with Crippen molar-refractivity contribution in [3.8, 4) is 0 Å². The Labute approximate surface area is 117 Å². The molecule has 1 unspecified atom stereocenters. The van der Waals surface area contributed by atoms with E-state index in [9.17, 15) is 9.59 Å². The summed E-state index contributed by atoms with van der Waals surface area (Å²) in [5.74, 6) is -0.389. The first-order valence-corrected chi connectivity index (χ1v) is 6.58. The van der Waals surface area contributed by atoms with Crippen LogP contribution in [0.15, 0.2) is 30.3 Å². The van der Waals surface area contributed by atoms with E-state index in [0.29, 0.717) is 19.5 Å². The van der Waals surface area contributed by atoms with Crippen LogP contribution in [-0.2, 0) is 16.1 Å². The molecule has 0 bridgehead atoms. The molecule has 1 aromatic rings. The predicted octanol–water partition coefficient (Wildman–Crippen LogP) is -0.115. The maximum absolute atomic E-state index is 12.0. The largest absolute Gasteiger partial charge is 0.445 e. The highest BCUT2D eigenvalue weighted by Gasteiger charge is 2.41. The monoisotopic (exact) mass is 278 g/mol. The van der Waals surface area contributed by atoms with Gasteiger partial charge >= 0.3 is 6.09 Å². The van der Waals surface area contributed by atoms with Gasteiger partial charge in [-0.05, 0) is 5.56 Å². The summed E-state index contributed by atoms with van der Waals surface area (Å²) in [6.45, 7) is 1.20. The van der Waals surface area contributed by atoms with Gasteiger partial charge in [0, 0.05) is 13.0 Å². The van der Waals surface area contributed by atoms with Crippen molar-refractivity contribution in [3.63, 3.8) is 0 Å². The second kappa shape index (κ2) is 5.92. The number of hydrogen-bond donors (Lipinski definition) is 2. The minimum atomic E-state index is -0.475. The number of likely N-dealkylation sites (tertiary alicyclic amines) is 1. The molecule has 1 heterocycles. The molecular formula is C14H20N3O3+. The molecular weight excluding hydrogens is 258 g/mol. The van der Waals surface area contributed by atoms with Crippen LogP contribution >= 0.6 is 0 Å². The number of carbonyl (C=O) groups excluding carboxylic acids is 2. The zero-order valence-corrected chi connectivity index (χ0v) is 11.4. The maximum atomic E-state index is 12.0. The summed E-state index contributed by atoms with van der Waals surface area (Å²) in [6.07, 6.45) is 0.482. The molecule has 6 heteroatoms. The fourth-order valence-corrected chi connectivity index (χ4v) is 2.42. The molecule has 6 nitrogen and oxygen atoms in total. The van der Waals surface area contributed by atoms with E-state index in [1.54, 1.807) is 4.90 Å². The van der Waals surface area contributed by atoms with Gasteiger partial charge in [-0.3, -0.25) is 4.79 Å². The first kappa shape index (κ1) is 14.3. The Hall–Kier alpha value is -2.08. The molecule has 1 atom stereocenters. The van der Waals surface area contributed by atoms with Crippen molar-refractivity contribution in [2.75, 3.05) is 13.1 Å². The van der Waals surface area contributed by atoms with Gasteiger partial charge < -0.3 is 21.1 Å². The van der Waals surface area contributed by atoms with Crippen molar-refractivity contribution in [1.82, 2.24) is 4.90 Å². The maximum Gasteiger partial charge on any atom is 0.410 e. The molecule has 108 valence electrons. The highest BCUT2D eigenvalue weighted by Crippen LogP contribution is 2.21. The van der Waals surface area contributed by atoms with Gasteiger partial charge in [-0.1, -0.05) is 30.3 Å². The van der Waals surface area contributed by atoms with E-state index < -0.39 is 5.54 Å². The summed E-state index contributed by atoms with van der Waals surface area (Å²) in [5, 5.41) is 0. The van der Waals surface area contributed by atoms with E-state index in [0.717, 1.165) is 5.56 Å². The zero-order chi connectivity index (χ0) is 14.6. The second-order valence-corrected chi connectivity index (χ2v) is 5.35. The smallest absolute Gasteiger partial charge is 0.410 e. The van der Waals surface area contributed by atoms with Crippen LogP contribution in [0, 0.1) is 0 Å². The van der Waals surface area contributed by atoms with Gasteiger partial charge in [-0.2, -0.15) is 0 Å². The summed E-state index contributed by atoms with van der Waals surface area (Å²) in [5.41, 5.74) is 9.68. The van der Waals surface area contributed by atoms with Crippen molar-refractivity contribution < 1.29 is 20.1 Å². The number of carbonyl (C=O) groups is 2. The Balaban J connectivity index is 1.84. The highest BCUT2D eigenvalue weighted by atomic mass is 16.6. The molecule has 1 aliphatic heterocycles. The number of nitrogens with two attached hydrogens (primary N) is 1. The molecule has 1 fully saturated rings. The third-order valence-corrected chi connectivity index (χ3v) is 3.45. The molecule has 0 radical (unpaired) electrons. The van der Waals surface area contributed by atoms with Crippen molar-refractivity contribution in [3.05, 3.63) is 35.9 Å². The van der Waals surface area contributed by atoms with Crippen molar-refractivity contribution in [2.45, 2.75) is 25.0 Å². The van der Waals surface area contributed by atoms with Crippen molar-refractivity contribution in [1.29, 1.82) is 0 Å². The van der Waals surface area contributed by atoms with E-state index in [1.807, 2.05) is 30.3 Å². The number of quaternary nitrogens is 1. The SMILES string of the molecule is NC(=O)CC1([NH3+])CCN(C(=O)OCc2ccccc2)C1. The number of nitrogens with zero attached hydrogens (tertiary/aromatic N) is 1. The molecule has 1 saturated heterocycles. The summed E-state index contributed by atoms with van der Waals surface area (Å²) in [7, 11) is 0. The molecule has 2 rings (SSSR count). The third kappa shape index (κ3) is 3.71. The Morgan fingerprint density at radius 2 is 2.05 bits per heavy atom. The summed E-state index contributed by atoms with van der Waals surface area (Å²) in [6, 6.07) is 9.50. The van der Waals surface area contributed by atoms with Crippen LogP contribution in [0.3, 0.4) is 0 Å². The van der Waals surface area contributed by atoms with E-state index in [2.05, 4.69) is 5.73 Å². The number of primary amides is 1. The lowest BCUT2D eigenvalue weighted by molar-refractivity contribution is -0.470. The van der Waals surface area contributed by atoms with Crippen LogP contribution in [-0.4, -0.2) is 35.5 Å². The van der Waals surface area contributed by atoms with Crippen LogP contribution in [0.25, 0.3) is 0 Å². The fraction of sp³-hybridized carbons (Fsp3) is 0.429. The molecule has 5 N–H and O–H groups in total. The van der Waals surface area contributed by atoms with Crippen molar-refractivity contribution >= 4 is 12.0 Å². The number of benzene rings is 1. The topological polar surface area (TPSA) is 100 Å². The number of amides is 2. The Morgan fingerprint density at radius 1 is 1.35 bits per heavy atom. The molecule has 0 aliphatic carbocycles. The van der Waals surface area contributed by atoms with Crippen LogP contribution in [0.4, 0.5) is 4.79 Å². The second-order valence-electron chi connectivity index (χ2n) is 5.35. The molecule has 1 aliphatic rings. The zero-order valence-electron chi connectivity index (χ0n) is 11.4.